The second-order valence-corrected chi connectivity index (χ2v) is 5.06. The number of nitrogens with zero attached hydrogens (tertiary/aromatic N) is 3. The number of hydrogen-bond acceptors (Lipinski definition) is 5. The van der Waals surface area contributed by atoms with Gasteiger partial charge in [-0.25, -0.2) is 4.98 Å². The third-order valence-corrected chi connectivity index (χ3v) is 3.01. The first kappa shape index (κ1) is 15.9. The molecule has 1 atom stereocenters. The van der Waals surface area contributed by atoms with Gasteiger partial charge in [-0.2, -0.15) is 4.98 Å². The van der Waals surface area contributed by atoms with Crippen molar-refractivity contribution in [1.82, 2.24) is 9.97 Å². The molecule has 0 saturated heterocycles. The largest absolute Gasteiger partial charge is 0.364 e. The van der Waals surface area contributed by atoms with E-state index in [0.717, 1.165) is 5.56 Å². The zero-order chi connectivity index (χ0) is 15.9. The minimum absolute atomic E-state index is 0.237. The van der Waals surface area contributed by atoms with Crippen molar-refractivity contribution in [3.05, 3.63) is 48.2 Å². The Morgan fingerprint density at radius 1 is 1.27 bits per heavy atom. The number of aromatic nitrogens is 2. The van der Waals surface area contributed by atoms with Crippen LogP contribution in [0.15, 0.2) is 42.6 Å². The van der Waals surface area contributed by atoms with Gasteiger partial charge in [0.1, 0.15) is 11.9 Å². The minimum Gasteiger partial charge on any atom is -0.364 e. The molecule has 1 aromatic heterocycles. The average Bonchev–Trinajstić information content (AvgIpc) is 2.53. The maximum atomic E-state index is 12.1. The Kier molecular flexibility index (Phi) is 5.43. The average molecular weight is 300 g/mol. The molecule has 0 radical (unpaired) electrons. The molecule has 0 fully saturated rings. The minimum atomic E-state index is -0.571. The Balaban J connectivity index is 1.89. The maximum Gasteiger partial charge on any atom is 0.254 e. The van der Waals surface area contributed by atoms with Gasteiger partial charge in [-0.05, 0) is 18.6 Å². The van der Waals surface area contributed by atoms with Crippen molar-refractivity contribution in [2.45, 2.75) is 19.6 Å². The number of rotatable bonds is 6. The van der Waals surface area contributed by atoms with Gasteiger partial charge < -0.3 is 15.0 Å². The van der Waals surface area contributed by atoms with E-state index in [-0.39, 0.29) is 5.91 Å². The summed E-state index contributed by atoms with van der Waals surface area (Å²) in [7, 11) is 3.68. The lowest BCUT2D eigenvalue weighted by molar-refractivity contribution is -0.127. The van der Waals surface area contributed by atoms with Crippen LogP contribution in [0.3, 0.4) is 0 Å². The Morgan fingerprint density at radius 2 is 2.00 bits per heavy atom. The predicted molar refractivity (Wildman–Crippen MR) is 85.7 cm³/mol. The summed E-state index contributed by atoms with van der Waals surface area (Å²) >= 11 is 0. The lowest BCUT2D eigenvalue weighted by atomic mass is 10.2. The normalized spacial score (nSPS) is 11.8. The first-order valence-electron chi connectivity index (χ1n) is 7.03. The molecule has 22 heavy (non-hydrogen) atoms. The molecule has 6 nitrogen and oxygen atoms in total. The van der Waals surface area contributed by atoms with Gasteiger partial charge in [0.05, 0.1) is 6.61 Å². The van der Waals surface area contributed by atoms with E-state index >= 15 is 0 Å². The summed E-state index contributed by atoms with van der Waals surface area (Å²) in [5.41, 5.74) is 1.03. The number of benzene rings is 1. The summed E-state index contributed by atoms with van der Waals surface area (Å²) in [5.74, 6) is 0.758. The quantitative estimate of drug-likeness (QED) is 0.884. The van der Waals surface area contributed by atoms with Gasteiger partial charge in [0.15, 0.2) is 0 Å². The van der Waals surface area contributed by atoms with Crippen LogP contribution in [0.5, 0.6) is 0 Å². The van der Waals surface area contributed by atoms with Crippen LogP contribution in [0.1, 0.15) is 12.5 Å². The van der Waals surface area contributed by atoms with Gasteiger partial charge in [0, 0.05) is 20.3 Å². The number of hydrogen-bond donors (Lipinski definition) is 1. The number of carbonyl (C=O) groups excluding carboxylic acids is 1. The van der Waals surface area contributed by atoms with E-state index in [1.165, 1.54) is 0 Å². The van der Waals surface area contributed by atoms with Gasteiger partial charge >= 0.3 is 0 Å². The molecule has 1 amide bonds. The van der Waals surface area contributed by atoms with E-state index in [4.69, 9.17) is 4.74 Å². The Bertz CT molecular complexity index is 617. The topological polar surface area (TPSA) is 67.3 Å². The molecular weight excluding hydrogens is 280 g/mol. The standard InChI is InChI=1S/C16H20N4O2/c1-12(22-11-13-7-5-4-6-8-13)15(21)18-14-9-10-17-16(19-14)20(2)3/h4-10,12H,11H2,1-3H3,(H,17,18,19,21)/t12-/m1/s1. The molecule has 2 rings (SSSR count). The van der Waals surface area contributed by atoms with Crippen LogP contribution in [0.4, 0.5) is 11.8 Å². The van der Waals surface area contributed by atoms with Crippen molar-refractivity contribution >= 4 is 17.7 Å². The van der Waals surface area contributed by atoms with Crippen molar-refractivity contribution in [1.29, 1.82) is 0 Å². The highest BCUT2D eigenvalue weighted by Gasteiger charge is 2.14. The third-order valence-electron chi connectivity index (χ3n) is 3.01. The monoisotopic (exact) mass is 300 g/mol. The molecule has 6 heteroatoms. The fraction of sp³-hybridized carbons (Fsp3) is 0.312. The van der Waals surface area contributed by atoms with Crippen molar-refractivity contribution in [2.24, 2.45) is 0 Å². The van der Waals surface area contributed by atoms with Crippen molar-refractivity contribution < 1.29 is 9.53 Å². The molecule has 2 aromatic rings. The number of amides is 1. The van der Waals surface area contributed by atoms with E-state index in [2.05, 4.69) is 15.3 Å². The first-order chi connectivity index (χ1) is 10.6. The van der Waals surface area contributed by atoms with Gasteiger partial charge in [-0.1, -0.05) is 30.3 Å². The van der Waals surface area contributed by atoms with E-state index < -0.39 is 6.10 Å². The van der Waals surface area contributed by atoms with Crippen molar-refractivity contribution in [3.8, 4) is 0 Å². The molecule has 0 unspecified atom stereocenters. The number of ether oxygens (including phenoxy) is 1. The van der Waals surface area contributed by atoms with Crippen LogP contribution in [-0.2, 0) is 16.1 Å². The van der Waals surface area contributed by atoms with E-state index in [0.29, 0.717) is 18.4 Å². The summed E-state index contributed by atoms with van der Waals surface area (Å²) in [6.07, 6.45) is 1.03. The highest BCUT2D eigenvalue weighted by Crippen LogP contribution is 2.09. The lowest BCUT2D eigenvalue weighted by Gasteiger charge is -2.14. The van der Waals surface area contributed by atoms with E-state index in [9.17, 15) is 4.79 Å². The van der Waals surface area contributed by atoms with Crippen molar-refractivity contribution in [2.75, 3.05) is 24.3 Å². The molecule has 0 aliphatic heterocycles. The van der Waals surface area contributed by atoms with Crippen LogP contribution in [-0.4, -0.2) is 36.1 Å². The van der Waals surface area contributed by atoms with Gasteiger partial charge in [-0.15, -0.1) is 0 Å². The summed E-state index contributed by atoms with van der Waals surface area (Å²) in [6, 6.07) is 11.4. The molecule has 0 aliphatic carbocycles. The highest BCUT2D eigenvalue weighted by atomic mass is 16.5. The summed E-state index contributed by atoms with van der Waals surface area (Å²) < 4.78 is 5.57. The summed E-state index contributed by atoms with van der Waals surface area (Å²) in [4.78, 5) is 22.2. The SMILES string of the molecule is C[C@@H](OCc1ccccc1)C(=O)Nc1ccnc(N(C)C)n1. The lowest BCUT2D eigenvalue weighted by Crippen LogP contribution is -2.28. The molecule has 0 spiro atoms. The fourth-order valence-corrected chi connectivity index (χ4v) is 1.73. The van der Waals surface area contributed by atoms with E-state index in [1.807, 2.05) is 44.4 Å². The van der Waals surface area contributed by atoms with Gasteiger partial charge in [0.25, 0.3) is 5.91 Å². The second kappa shape index (κ2) is 7.51. The summed E-state index contributed by atoms with van der Waals surface area (Å²) in [6.45, 7) is 2.11. The molecule has 1 aromatic carbocycles. The molecule has 116 valence electrons. The van der Waals surface area contributed by atoms with Crippen LogP contribution >= 0.6 is 0 Å². The predicted octanol–water partition coefficient (Wildman–Crippen LogP) is 2.09. The van der Waals surface area contributed by atoms with Crippen molar-refractivity contribution in [3.63, 3.8) is 0 Å². The zero-order valence-corrected chi connectivity index (χ0v) is 13.0. The third kappa shape index (κ3) is 4.53. The van der Waals surface area contributed by atoms with Crippen LogP contribution in [0, 0.1) is 0 Å². The molecular formula is C16H20N4O2. The first-order valence-corrected chi connectivity index (χ1v) is 7.03. The molecule has 0 bridgehead atoms. The number of nitrogens with one attached hydrogen (secondary N) is 1. The second-order valence-electron chi connectivity index (χ2n) is 5.06. The van der Waals surface area contributed by atoms with Crippen LogP contribution in [0.2, 0.25) is 0 Å². The Labute approximate surface area is 130 Å². The van der Waals surface area contributed by atoms with E-state index in [1.54, 1.807) is 24.1 Å². The fourth-order valence-electron chi connectivity index (χ4n) is 1.73. The Hall–Kier alpha value is -2.47. The molecule has 1 heterocycles. The van der Waals surface area contributed by atoms with Gasteiger partial charge in [-0.3, -0.25) is 4.79 Å². The molecule has 0 saturated carbocycles. The number of carbonyl (C=O) groups is 1. The van der Waals surface area contributed by atoms with Gasteiger partial charge in [0.2, 0.25) is 5.95 Å². The maximum absolute atomic E-state index is 12.1. The Morgan fingerprint density at radius 3 is 2.68 bits per heavy atom. The number of anilines is 2. The molecule has 1 N–H and O–H groups in total. The summed E-state index contributed by atoms with van der Waals surface area (Å²) in [5, 5.41) is 2.73. The smallest absolute Gasteiger partial charge is 0.254 e. The van der Waals surface area contributed by atoms with Crippen LogP contribution in [0.25, 0.3) is 0 Å². The zero-order valence-electron chi connectivity index (χ0n) is 13.0. The highest BCUT2D eigenvalue weighted by molar-refractivity contribution is 5.93. The van der Waals surface area contributed by atoms with Crippen LogP contribution < -0.4 is 10.2 Å². The molecule has 0 aliphatic rings.